The summed E-state index contributed by atoms with van der Waals surface area (Å²) in [5.74, 6) is 0.904. The molecule has 3 aromatic rings. The Balaban J connectivity index is 1.67. The molecule has 27 heavy (non-hydrogen) atoms. The fraction of sp³-hybridized carbons (Fsp3) is 0.200. The second-order valence-electron chi connectivity index (χ2n) is 5.89. The molecule has 0 atom stereocenters. The molecule has 138 valence electrons. The number of amides is 1. The number of methoxy groups -OCH3 is 1. The number of ether oxygens (including phenoxy) is 1. The van der Waals surface area contributed by atoms with E-state index in [1.807, 2.05) is 49.4 Å². The van der Waals surface area contributed by atoms with Gasteiger partial charge in [-0.25, -0.2) is 9.97 Å². The fourth-order valence-electron chi connectivity index (χ4n) is 2.55. The lowest BCUT2D eigenvalue weighted by Gasteiger charge is -2.11. The Kier molecular flexibility index (Phi) is 5.94. The summed E-state index contributed by atoms with van der Waals surface area (Å²) in [5, 5.41) is 5.97. The van der Waals surface area contributed by atoms with Crippen LogP contribution in [0, 0.1) is 6.92 Å². The van der Waals surface area contributed by atoms with Gasteiger partial charge in [-0.2, -0.15) is 0 Å². The van der Waals surface area contributed by atoms with Crippen molar-refractivity contribution in [3.05, 3.63) is 77.4 Å². The van der Waals surface area contributed by atoms with E-state index in [1.54, 1.807) is 19.4 Å². The highest BCUT2D eigenvalue weighted by atomic mass is 16.5. The van der Waals surface area contributed by atoms with E-state index in [1.165, 1.54) is 0 Å². The lowest BCUT2D eigenvalue weighted by atomic mass is 10.2. The van der Waals surface area contributed by atoms with Crippen LogP contribution >= 0.6 is 0 Å². The number of hydrogen-bond acceptors (Lipinski definition) is 6. The number of carbonyl (C=O) groups excluding carboxylic acids is 1. The average Bonchev–Trinajstić information content (AvgIpc) is 2.71. The first kappa shape index (κ1) is 18.3. The highest BCUT2D eigenvalue weighted by Crippen LogP contribution is 2.18. The van der Waals surface area contributed by atoms with Crippen LogP contribution in [0.15, 0.2) is 54.7 Å². The standard InChI is InChI=1S/C20H21N5O2/c1-14-11-17(19(26)22-13-16-8-5-6-10-21-16)25-20(24-14)23-12-15-7-3-4-9-18(15)27-2/h3-11H,12-13H2,1-2H3,(H,22,26)(H,23,24,25). The Morgan fingerprint density at radius 3 is 2.67 bits per heavy atom. The maximum absolute atomic E-state index is 12.4. The molecule has 0 fully saturated rings. The first-order chi connectivity index (χ1) is 13.2. The van der Waals surface area contributed by atoms with Crippen LogP contribution in [-0.2, 0) is 13.1 Å². The van der Waals surface area contributed by atoms with Crippen molar-refractivity contribution in [1.29, 1.82) is 0 Å². The molecule has 2 heterocycles. The van der Waals surface area contributed by atoms with Gasteiger partial charge in [0.1, 0.15) is 11.4 Å². The summed E-state index contributed by atoms with van der Waals surface area (Å²) in [7, 11) is 1.63. The zero-order valence-corrected chi connectivity index (χ0v) is 15.3. The van der Waals surface area contributed by atoms with Crippen molar-refractivity contribution >= 4 is 11.9 Å². The number of anilines is 1. The van der Waals surface area contributed by atoms with Gasteiger partial charge in [0.2, 0.25) is 5.95 Å². The second kappa shape index (κ2) is 8.75. The van der Waals surface area contributed by atoms with Crippen molar-refractivity contribution in [2.75, 3.05) is 12.4 Å². The molecule has 2 aromatic heterocycles. The summed E-state index contributed by atoms with van der Waals surface area (Å²) in [6.07, 6.45) is 1.69. The molecule has 2 N–H and O–H groups in total. The Morgan fingerprint density at radius 2 is 1.89 bits per heavy atom. The number of carbonyl (C=O) groups is 1. The maximum atomic E-state index is 12.4. The van der Waals surface area contributed by atoms with Crippen LogP contribution in [0.1, 0.15) is 27.4 Å². The van der Waals surface area contributed by atoms with Gasteiger partial charge in [0.25, 0.3) is 5.91 Å². The summed E-state index contributed by atoms with van der Waals surface area (Å²) in [6, 6.07) is 14.9. The molecule has 0 aliphatic heterocycles. The summed E-state index contributed by atoms with van der Waals surface area (Å²) in [6.45, 7) is 2.65. The highest BCUT2D eigenvalue weighted by Gasteiger charge is 2.11. The molecule has 0 spiro atoms. The number of para-hydroxylation sites is 1. The van der Waals surface area contributed by atoms with E-state index in [2.05, 4.69) is 25.6 Å². The molecular weight excluding hydrogens is 342 g/mol. The second-order valence-corrected chi connectivity index (χ2v) is 5.89. The number of nitrogens with zero attached hydrogens (tertiary/aromatic N) is 3. The number of pyridine rings is 1. The van der Waals surface area contributed by atoms with Gasteiger partial charge in [-0.1, -0.05) is 24.3 Å². The van der Waals surface area contributed by atoms with Crippen molar-refractivity contribution in [1.82, 2.24) is 20.3 Å². The molecule has 1 aromatic carbocycles. The van der Waals surface area contributed by atoms with Gasteiger partial charge < -0.3 is 15.4 Å². The van der Waals surface area contributed by atoms with Crippen LogP contribution in [0.4, 0.5) is 5.95 Å². The third-order valence-corrected chi connectivity index (χ3v) is 3.87. The van der Waals surface area contributed by atoms with Crippen LogP contribution in [0.5, 0.6) is 5.75 Å². The van der Waals surface area contributed by atoms with Gasteiger partial charge in [0.05, 0.1) is 19.3 Å². The van der Waals surface area contributed by atoms with E-state index in [4.69, 9.17) is 4.74 Å². The number of nitrogens with one attached hydrogen (secondary N) is 2. The van der Waals surface area contributed by atoms with Gasteiger partial charge in [-0.3, -0.25) is 9.78 Å². The Labute approximate surface area is 157 Å². The summed E-state index contributed by atoms with van der Waals surface area (Å²) < 4.78 is 5.34. The highest BCUT2D eigenvalue weighted by molar-refractivity contribution is 5.92. The normalized spacial score (nSPS) is 10.3. The molecule has 0 radical (unpaired) electrons. The van der Waals surface area contributed by atoms with Crippen molar-refractivity contribution in [2.45, 2.75) is 20.0 Å². The number of rotatable bonds is 7. The lowest BCUT2D eigenvalue weighted by Crippen LogP contribution is -2.25. The van der Waals surface area contributed by atoms with Crippen molar-refractivity contribution in [2.24, 2.45) is 0 Å². The molecule has 0 bridgehead atoms. The zero-order chi connectivity index (χ0) is 19.1. The quantitative estimate of drug-likeness (QED) is 0.671. The van der Waals surface area contributed by atoms with Crippen LogP contribution in [0.3, 0.4) is 0 Å². The van der Waals surface area contributed by atoms with E-state index in [0.717, 1.165) is 17.0 Å². The van der Waals surface area contributed by atoms with Crippen LogP contribution < -0.4 is 15.4 Å². The molecule has 0 aliphatic rings. The SMILES string of the molecule is COc1ccccc1CNc1nc(C)cc(C(=O)NCc2ccccn2)n1. The molecule has 0 unspecified atom stereocenters. The van der Waals surface area contributed by atoms with Crippen molar-refractivity contribution in [3.8, 4) is 5.75 Å². The first-order valence-corrected chi connectivity index (χ1v) is 8.55. The minimum Gasteiger partial charge on any atom is -0.496 e. The summed E-state index contributed by atoms with van der Waals surface area (Å²) >= 11 is 0. The molecule has 1 amide bonds. The van der Waals surface area contributed by atoms with Gasteiger partial charge in [-0.15, -0.1) is 0 Å². The van der Waals surface area contributed by atoms with Crippen molar-refractivity contribution < 1.29 is 9.53 Å². The predicted octanol–water partition coefficient (Wildman–Crippen LogP) is 2.73. The predicted molar refractivity (Wildman–Crippen MR) is 102 cm³/mol. The van der Waals surface area contributed by atoms with Crippen LogP contribution in [0.25, 0.3) is 0 Å². The van der Waals surface area contributed by atoms with E-state index >= 15 is 0 Å². The molecule has 0 saturated heterocycles. The van der Waals surface area contributed by atoms with E-state index < -0.39 is 0 Å². The van der Waals surface area contributed by atoms with E-state index in [9.17, 15) is 4.79 Å². The Bertz CT molecular complexity index is 915. The maximum Gasteiger partial charge on any atom is 0.270 e. The van der Waals surface area contributed by atoms with E-state index in [0.29, 0.717) is 30.4 Å². The third kappa shape index (κ3) is 5.01. The first-order valence-electron chi connectivity index (χ1n) is 8.55. The molecule has 0 saturated carbocycles. The molecule has 3 rings (SSSR count). The van der Waals surface area contributed by atoms with Crippen LogP contribution in [-0.4, -0.2) is 28.0 Å². The Morgan fingerprint density at radius 1 is 1.07 bits per heavy atom. The molecule has 0 aliphatic carbocycles. The van der Waals surface area contributed by atoms with Gasteiger partial charge >= 0.3 is 0 Å². The minimum atomic E-state index is -0.272. The molecule has 7 heteroatoms. The lowest BCUT2D eigenvalue weighted by molar-refractivity contribution is 0.0945. The fourth-order valence-corrected chi connectivity index (χ4v) is 2.55. The smallest absolute Gasteiger partial charge is 0.270 e. The van der Waals surface area contributed by atoms with Crippen molar-refractivity contribution in [3.63, 3.8) is 0 Å². The summed E-state index contributed by atoms with van der Waals surface area (Å²) in [4.78, 5) is 25.3. The monoisotopic (exact) mass is 363 g/mol. The summed E-state index contributed by atoms with van der Waals surface area (Å²) in [5.41, 5.74) is 2.77. The number of benzene rings is 1. The van der Waals surface area contributed by atoms with E-state index in [-0.39, 0.29) is 5.91 Å². The third-order valence-electron chi connectivity index (χ3n) is 3.87. The molecular formula is C20H21N5O2. The van der Waals surface area contributed by atoms with Gasteiger partial charge in [-0.05, 0) is 31.2 Å². The number of aromatic nitrogens is 3. The largest absolute Gasteiger partial charge is 0.496 e. The number of aryl methyl sites for hydroxylation is 1. The van der Waals surface area contributed by atoms with Crippen LogP contribution in [0.2, 0.25) is 0 Å². The number of hydrogen-bond donors (Lipinski definition) is 2. The zero-order valence-electron chi connectivity index (χ0n) is 15.3. The minimum absolute atomic E-state index is 0.272. The topological polar surface area (TPSA) is 89.0 Å². The van der Waals surface area contributed by atoms with Gasteiger partial charge in [0.15, 0.2) is 0 Å². The molecule has 7 nitrogen and oxygen atoms in total. The average molecular weight is 363 g/mol. The Hall–Kier alpha value is -3.48. The van der Waals surface area contributed by atoms with Gasteiger partial charge in [0, 0.05) is 24.0 Å².